The van der Waals surface area contributed by atoms with Gasteiger partial charge in [-0.25, -0.2) is 8.42 Å². The number of hydrogen-bond acceptors (Lipinski definition) is 5. The summed E-state index contributed by atoms with van der Waals surface area (Å²) in [5, 5.41) is 2.92. The third-order valence-corrected chi connectivity index (χ3v) is 6.23. The van der Waals surface area contributed by atoms with E-state index in [0.29, 0.717) is 17.8 Å². The topological polar surface area (TPSA) is 81.8 Å². The molecule has 0 bridgehead atoms. The Morgan fingerprint density at radius 2 is 1.69 bits per heavy atom. The van der Waals surface area contributed by atoms with E-state index in [1.165, 1.54) is 11.3 Å². The third kappa shape index (κ3) is 7.24. The van der Waals surface area contributed by atoms with Crippen molar-refractivity contribution in [3.8, 4) is 0 Å². The largest absolute Gasteiger partial charge is 0.369 e. The summed E-state index contributed by atoms with van der Waals surface area (Å²) in [6.45, 7) is 9.74. The van der Waals surface area contributed by atoms with Crippen LogP contribution in [-0.4, -0.2) is 64.7 Å². The van der Waals surface area contributed by atoms with E-state index >= 15 is 0 Å². The van der Waals surface area contributed by atoms with Crippen molar-refractivity contribution >= 4 is 27.3 Å². The molecule has 174 valence electrons. The monoisotopic (exact) mass is 458 g/mol. The lowest BCUT2D eigenvalue weighted by Crippen LogP contribution is -2.46. The zero-order valence-electron chi connectivity index (χ0n) is 19.2. The fourth-order valence-electron chi connectivity index (χ4n) is 3.95. The standard InChI is InChI=1S/C24H34N4O3S/c1-19-7-6-8-21(17-19)28-15-13-27(14-16-28)12-5-4-11-25-24(29)22-18-20(2)9-10-23(22)26-32(3,30)31/h6-10,17-18,26H,4-5,11-16H2,1-3H3,(H,25,29). The second-order valence-electron chi connectivity index (χ2n) is 8.55. The van der Waals surface area contributed by atoms with E-state index in [1.54, 1.807) is 18.2 Å². The Labute approximate surface area is 191 Å². The molecule has 1 amide bonds. The lowest BCUT2D eigenvalue weighted by molar-refractivity contribution is 0.0953. The summed E-state index contributed by atoms with van der Waals surface area (Å²) in [6.07, 6.45) is 2.97. The van der Waals surface area contributed by atoms with Gasteiger partial charge in [-0.1, -0.05) is 23.8 Å². The SMILES string of the molecule is Cc1cccc(N2CCN(CCCCNC(=O)c3cc(C)ccc3NS(C)(=O)=O)CC2)c1. The van der Waals surface area contributed by atoms with E-state index in [4.69, 9.17) is 0 Å². The molecule has 1 fully saturated rings. The number of amides is 1. The van der Waals surface area contributed by atoms with Crippen LogP contribution in [0.3, 0.4) is 0 Å². The average molecular weight is 459 g/mol. The average Bonchev–Trinajstić information content (AvgIpc) is 2.74. The van der Waals surface area contributed by atoms with Crippen LogP contribution in [0.4, 0.5) is 11.4 Å². The fraction of sp³-hybridized carbons (Fsp3) is 0.458. The number of hydrogen-bond donors (Lipinski definition) is 2. The Morgan fingerprint density at radius 1 is 0.969 bits per heavy atom. The van der Waals surface area contributed by atoms with E-state index in [0.717, 1.165) is 57.4 Å². The molecule has 8 heteroatoms. The van der Waals surface area contributed by atoms with E-state index in [-0.39, 0.29) is 5.91 Å². The number of aryl methyl sites for hydroxylation is 2. The number of rotatable bonds is 9. The van der Waals surface area contributed by atoms with E-state index in [1.807, 2.05) is 6.92 Å². The first-order chi connectivity index (χ1) is 15.2. The Bertz CT molecular complexity index is 1030. The molecule has 0 radical (unpaired) electrons. The van der Waals surface area contributed by atoms with Crippen LogP contribution in [0.2, 0.25) is 0 Å². The second-order valence-corrected chi connectivity index (χ2v) is 10.3. The number of carbonyl (C=O) groups excluding carboxylic acids is 1. The molecule has 0 aliphatic carbocycles. The molecule has 2 N–H and O–H groups in total. The lowest BCUT2D eigenvalue weighted by atomic mass is 10.1. The van der Waals surface area contributed by atoms with E-state index in [2.05, 4.69) is 51.0 Å². The molecule has 7 nitrogen and oxygen atoms in total. The van der Waals surface area contributed by atoms with Gasteiger partial charge in [-0.2, -0.15) is 0 Å². The predicted molar refractivity (Wildman–Crippen MR) is 131 cm³/mol. The number of sulfonamides is 1. The van der Waals surface area contributed by atoms with Crippen LogP contribution < -0.4 is 14.9 Å². The summed E-state index contributed by atoms with van der Waals surface area (Å²) in [6, 6.07) is 13.8. The summed E-state index contributed by atoms with van der Waals surface area (Å²) >= 11 is 0. The molecule has 1 aliphatic heterocycles. The van der Waals surface area contributed by atoms with Gasteiger partial charge in [0.1, 0.15) is 0 Å². The number of carbonyl (C=O) groups is 1. The highest BCUT2D eigenvalue weighted by molar-refractivity contribution is 7.92. The first-order valence-electron chi connectivity index (χ1n) is 11.1. The molecule has 1 heterocycles. The molecule has 0 unspecified atom stereocenters. The summed E-state index contributed by atoms with van der Waals surface area (Å²) < 4.78 is 25.6. The highest BCUT2D eigenvalue weighted by Crippen LogP contribution is 2.19. The van der Waals surface area contributed by atoms with Gasteiger partial charge in [0, 0.05) is 38.4 Å². The minimum Gasteiger partial charge on any atom is -0.369 e. The molecule has 2 aromatic rings. The van der Waals surface area contributed by atoms with Crippen LogP contribution in [0, 0.1) is 13.8 Å². The number of piperazine rings is 1. The maximum absolute atomic E-state index is 12.6. The lowest BCUT2D eigenvalue weighted by Gasteiger charge is -2.36. The first kappa shape index (κ1) is 24.1. The number of nitrogens with zero attached hydrogens (tertiary/aromatic N) is 2. The van der Waals surface area contributed by atoms with Gasteiger partial charge in [0.15, 0.2) is 0 Å². The van der Waals surface area contributed by atoms with Crippen LogP contribution in [0.25, 0.3) is 0 Å². The van der Waals surface area contributed by atoms with Crippen LogP contribution in [0.15, 0.2) is 42.5 Å². The number of unbranched alkanes of at least 4 members (excludes halogenated alkanes) is 1. The van der Waals surface area contributed by atoms with Gasteiger partial charge in [-0.15, -0.1) is 0 Å². The van der Waals surface area contributed by atoms with Crippen molar-refractivity contribution in [3.05, 3.63) is 59.2 Å². The van der Waals surface area contributed by atoms with Crippen LogP contribution in [0.1, 0.15) is 34.3 Å². The van der Waals surface area contributed by atoms with Gasteiger partial charge in [0.2, 0.25) is 10.0 Å². The molecule has 2 aromatic carbocycles. The van der Waals surface area contributed by atoms with Gasteiger partial charge in [-0.3, -0.25) is 14.4 Å². The number of benzene rings is 2. The van der Waals surface area contributed by atoms with Crippen LogP contribution in [-0.2, 0) is 10.0 Å². The molecule has 0 saturated carbocycles. The van der Waals surface area contributed by atoms with Crippen molar-refractivity contribution in [1.29, 1.82) is 0 Å². The summed E-state index contributed by atoms with van der Waals surface area (Å²) in [7, 11) is -3.45. The fourth-order valence-corrected chi connectivity index (χ4v) is 4.52. The van der Waals surface area contributed by atoms with E-state index in [9.17, 15) is 13.2 Å². The zero-order chi connectivity index (χ0) is 23.1. The minimum atomic E-state index is -3.45. The van der Waals surface area contributed by atoms with Crippen molar-refractivity contribution in [1.82, 2.24) is 10.2 Å². The number of anilines is 2. The Morgan fingerprint density at radius 3 is 2.38 bits per heavy atom. The molecular formula is C24H34N4O3S. The van der Waals surface area contributed by atoms with Gasteiger partial charge in [0.25, 0.3) is 5.91 Å². The van der Waals surface area contributed by atoms with Crippen LogP contribution >= 0.6 is 0 Å². The maximum atomic E-state index is 12.6. The summed E-state index contributed by atoms with van der Waals surface area (Å²) in [5.74, 6) is -0.258. The zero-order valence-corrected chi connectivity index (χ0v) is 20.0. The predicted octanol–water partition coefficient (Wildman–Crippen LogP) is 3.01. The van der Waals surface area contributed by atoms with Gasteiger partial charge >= 0.3 is 0 Å². The van der Waals surface area contributed by atoms with Crippen molar-refractivity contribution in [2.24, 2.45) is 0 Å². The summed E-state index contributed by atoms with van der Waals surface area (Å²) in [5.41, 5.74) is 4.15. The van der Waals surface area contributed by atoms with E-state index < -0.39 is 10.0 Å². The number of nitrogens with one attached hydrogen (secondary N) is 2. The quantitative estimate of drug-likeness (QED) is 0.565. The second kappa shape index (κ2) is 10.8. The van der Waals surface area contributed by atoms with Crippen molar-refractivity contribution in [2.75, 3.05) is 55.1 Å². The van der Waals surface area contributed by atoms with Crippen molar-refractivity contribution in [2.45, 2.75) is 26.7 Å². The Hall–Kier alpha value is -2.58. The smallest absolute Gasteiger partial charge is 0.253 e. The highest BCUT2D eigenvalue weighted by atomic mass is 32.2. The van der Waals surface area contributed by atoms with Gasteiger partial charge in [-0.05, 0) is 63.1 Å². The highest BCUT2D eigenvalue weighted by Gasteiger charge is 2.17. The molecule has 1 saturated heterocycles. The molecule has 0 atom stereocenters. The minimum absolute atomic E-state index is 0.258. The first-order valence-corrected chi connectivity index (χ1v) is 13.0. The van der Waals surface area contributed by atoms with Gasteiger partial charge in [0.05, 0.1) is 17.5 Å². The Kier molecular flexibility index (Phi) is 8.15. The van der Waals surface area contributed by atoms with Crippen LogP contribution in [0.5, 0.6) is 0 Å². The molecular weight excluding hydrogens is 424 g/mol. The molecule has 1 aliphatic rings. The van der Waals surface area contributed by atoms with Crippen molar-refractivity contribution in [3.63, 3.8) is 0 Å². The third-order valence-electron chi connectivity index (χ3n) is 5.64. The normalized spacial score (nSPS) is 14.9. The van der Waals surface area contributed by atoms with Gasteiger partial charge < -0.3 is 10.2 Å². The Balaban J connectivity index is 1.39. The molecule has 0 aromatic heterocycles. The molecule has 0 spiro atoms. The van der Waals surface area contributed by atoms with Crippen molar-refractivity contribution < 1.29 is 13.2 Å². The summed E-state index contributed by atoms with van der Waals surface area (Å²) in [4.78, 5) is 17.5. The molecule has 3 rings (SSSR count). The molecule has 32 heavy (non-hydrogen) atoms. The maximum Gasteiger partial charge on any atom is 0.253 e.